The molecule has 8 N–H and O–H groups in total. The normalized spacial score (nSPS) is 13.1. The van der Waals surface area contributed by atoms with Crippen LogP contribution in [0.5, 0.6) is 11.5 Å². The maximum atomic E-state index is 13.3. The summed E-state index contributed by atoms with van der Waals surface area (Å²) in [6.45, 7) is 12.3. The third-order valence-electron chi connectivity index (χ3n) is 13.4. The highest BCUT2D eigenvalue weighted by Gasteiger charge is 2.24. The van der Waals surface area contributed by atoms with Gasteiger partial charge in [-0.25, -0.2) is 19.9 Å². The molecule has 0 saturated carbocycles. The third kappa shape index (κ3) is 15.3. The molecular formula is C54H70N12O8S2. The lowest BCUT2D eigenvalue weighted by molar-refractivity contribution is -0.149. The van der Waals surface area contributed by atoms with E-state index in [1.54, 1.807) is 74.2 Å². The summed E-state index contributed by atoms with van der Waals surface area (Å²) in [6, 6.07) is 9.57. The number of aromatic hydroxyl groups is 2. The van der Waals surface area contributed by atoms with Crippen LogP contribution in [0.3, 0.4) is 0 Å². The van der Waals surface area contributed by atoms with E-state index in [-0.39, 0.29) is 49.4 Å². The molecule has 0 spiro atoms. The number of fused-ring (bicyclic) bond motifs is 2. The Bertz CT molecular complexity index is 2850. The zero-order chi connectivity index (χ0) is 55.1. The standard InChI is InChI=1S/C54H70N12O8S2/c1-33(63(7)21-19-39-25-59-43-13-9-17-47(69)49(39)43)53(71)73-23-11-15-45(65(31-67)29-41-27-57-37(5)61-51(41)55)35(3)75-76-36(4)46(66(32-68)30-42-28-58-38(6)62-52(42)56)16-12-24-74-54(72)34(2)64(8)22-20-40-26-60-44-14-10-18-48(70)50(40)44/h9-10,13-14,17-18,25-28,31-34,59-60,69-70H,11-12,15-16,19-24,29-30H2,1-8H3,(H2,55,57,61)(H2,56,58,62)/b45-35-,46-36-. The summed E-state index contributed by atoms with van der Waals surface area (Å²) in [5.74, 6) is 1.10. The van der Waals surface area contributed by atoms with Crippen LogP contribution in [0.1, 0.15) is 87.3 Å². The molecular weight excluding hydrogens is 1010 g/mol. The van der Waals surface area contributed by atoms with Crippen LogP contribution in [0.4, 0.5) is 11.6 Å². The number of rotatable bonds is 29. The Hall–Kier alpha value is -7.14. The topological polar surface area (TPSA) is 275 Å². The highest BCUT2D eigenvalue weighted by Crippen LogP contribution is 2.42. The quantitative estimate of drug-likeness (QED) is 0.0114. The first kappa shape index (κ1) is 58.1. The number of aryl methyl sites for hydroxylation is 2. The molecule has 0 aliphatic heterocycles. The second-order valence-electron chi connectivity index (χ2n) is 18.7. The minimum atomic E-state index is -0.551. The van der Waals surface area contributed by atoms with E-state index in [4.69, 9.17) is 20.9 Å². The molecule has 0 radical (unpaired) electrons. The van der Waals surface area contributed by atoms with Gasteiger partial charge in [0, 0.05) is 92.0 Å². The van der Waals surface area contributed by atoms with Gasteiger partial charge in [-0.2, -0.15) is 0 Å². The van der Waals surface area contributed by atoms with Crippen LogP contribution in [-0.4, -0.2) is 137 Å². The van der Waals surface area contributed by atoms with Crippen LogP contribution < -0.4 is 11.5 Å². The number of carbonyl (C=O) groups excluding carboxylic acids is 4. The van der Waals surface area contributed by atoms with E-state index in [0.717, 1.165) is 55.6 Å². The number of ether oxygens (including phenoxy) is 2. The average Bonchev–Trinajstić information content (AvgIpc) is 4.03. The number of hydrogen-bond acceptors (Lipinski definition) is 18. The third-order valence-corrected chi connectivity index (χ3v) is 16.2. The zero-order valence-corrected chi connectivity index (χ0v) is 46.1. The van der Waals surface area contributed by atoms with Crippen molar-refractivity contribution >= 4 is 79.8 Å². The number of nitrogens with zero attached hydrogens (tertiary/aromatic N) is 8. The molecule has 2 aromatic carbocycles. The number of likely N-dealkylation sites (N-methyl/N-ethyl adjacent to an activating group) is 2. The van der Waals surface area contributed by atoms with Crippen LogP contribution in [0.25, 0.3) is 21.8 Å². The van der Waals surface area contributed by atoms with E-state index in [2.05, 4.69) is 29.9 Å². The van der Waals surface area contributed by atoms with Crippen LogP contribution >= 0.6 is 21.6 Å². The lowest BCUT2D eigenvalue weighted by atomic mass is 10.1. The number of benzene rings is 2. The molecule has 6 aromatic rings. The number of H-pyrrole nitrogens is 2. The number of phenolic OH excluding ortho intramolecular Hbond substituents is 2. The Kier molecular flexibility index (Phi) is 21.1. The molecule has 4 heterocycles. The molecule has 2 amide bonds. The van der Waals surface area contributed by atoms with Gasteiger partial charge in [0.1, 0.15) is 46.9 Å². The molecule has 0 fully saturated rings. The SMILES string of the molecule is C/C(SS/C(C)=C(/CCCOC(=O)C(C)N(C)CCc1c[nH]c2cccc(O)c12)N(C=O)Cc1cnc(C)nc1N)=C(\CCCOC(=O)C(C)N(C)CCc1c[nH]c2cccc(O)c12)N(C=O)Cc1cnc(C)nc1N. The number of anilines is 2. The van der Waals surface area contributed by atoms with Gasteiger partial charge in [-0.05, 0) is 130 Å². The fourth-order valence-electron chi connectivity index (χ4n) is 8.56. The average molecular weight is 1080 g/mol. The van der Waals surface area contributed by atoms with Gasteiger partial charge >= 0.3 is 11.9 Å². The minimum Gasteiger partial charge on any atom is -0.507 e. The van der Waals surface area contributed by atoms with Crippen LogP contribution in [0, 0.1) is 13.8 Å². The number of allylic oxidation sites excluding steroid dienone is 4. The number of nitrogens with one attached hydrogen (secondary N) is 2. The van der Waals surface area contributed by atoms with Gasteiger partial charge in [-0.3, -0.25) is 29.0 Å². The first-order chi connectivity index (χ1) is 36.4. The Morgan fingerprint density at radius 3 is 1.43 bits per heavy atom. The van der Waals surface area contributed by atoms with Crippen molar-refractivity contribution in [2.45, 2.75) is 105 Å². The maximum Gasteiger partial charge on any atom is 0.323 e. The number of esters is 2. The molecule has 4 aromatic heterocycles. The number of carbonyl (C=O) groups is 4. The fraction of sp³-hybridized carbons (Fsp3) is 0.407. The molecule has 76 heavy (non-hydrogen) atoms. The van der Waals surface area contributed by atoms with Gasteiger partial charge in [0.2, 0.25) is 12.8 Å². The Balaban J connectivity index is 1.13. The van der Waals surface area contributed by atoms with E-state index in [1.165, 1.54) is 21.6 Å². The number of nitrogen functional groups attached to an aromatic ring is 2. The van der Waals surface area contributed by atoms with Gasteiger partial charge in [-0.15, -0.1) is 0 Å². The highest BCUT2D eigenvalue weighted by atomic mass is 33.1. The van der Waals surface area contributed by atoms with Crippen LogP contribution in [-0.2, 0) is 54.6 Å². The van der Waals surface area contributed by atoms with Crippen molar-refractivity contribution in [2.75, 3.05) is 51.9 Å². The molecule has 6 rings (SSSR count). The Morgan fingerprint density at radius 1 is 0.671 bits per heavy atom. The molecule has 0 aliphatic carbocycles. The smallest absolute Gasteiger partial charge is 0.323 e. The van der Waals surface area contributed by atoms with E-state index < -0.39 is 24.0 Å². The van der Waals surface area contributed by atoms with Crippen molar-refractivity contribution in [1.29, 1.82) is 0 Å². The largest absolute Gasteiger partial charge is 0.507 e. The molecule has 2 atom stereocenters. The van der Waals surface area contributed by atoms with Crippen molar-refractivity contribution in [3.63, 3.8) is 0 Å². The van der Waals surface area contributed by atoms with Crippen molar-refractivity contribution in [3.05, 3.63) is 116 Å². The van der Waals surface area contributed by atoms with Crippen molar-refractivity contribution < 1.29 is 38.9 Å². The first-order valence-electron chi connectivity index (χ1n) is 25.0. The van der Waals surface area contributed by atoms with E-state index >= 15 is 0 Å². The lowest BCUT2D eigenvalue weighted by Gasteiger charge is -2.26. The fourth-order valence-corrected chi connectivity index (χ4v) is 10.8. The number of nitrogens with two attached hydrogens (primary N) is 2. The Labute approximate surface area is 451 Å². The number of hydrogen-bond donors (Lipinski definition) is 6. The van der Waals surface area contributed by atoms with Crippen molar-refractivity contribution in [2.24, 2.45) is 0 Å². The second-order valence-corrected chi connectivity index (χ2v) is 21.2. The molecule has 0 aliphatic rings. The van der Waals surface area contributed by atoms with Gasteiger partial charge in [0.05, 0.1) is 26.3 Å². The number of aromatic amines is 2. The van der Waals surface area contributed by atoms with Gasteiger partial charge in [0.25, 0.3) is 0 Å². The van der Waals surface area contributed by atoms with E-state index in [0.29, 0.717) is 85.8 Å². The van der Waals surface area contributed by atoms with Gasteiger partial charge in [-0.1, -0.05) is 33.7 Å². The summed E-state index contributed by atoms with van der Waals surface area (Å²) in [7, 11) is 6.50. The summed E-state index contributed by atoms with van der Waals surface area (Å²) in [4.78, 5) is 84.6. The van der Waals surface area contributed by atoms with Gasteiger partial charge in [0.15, 0.2) is 0 Å². The van der Waals surface area contributed by atoms with Gasteiger partial charge < -0.3 is 50.9 Å². The highest BCUT2D eigenvalue weighted by molar-refractivity contribution is 8.79. The number of amides is 2. The summed E-state index contributed by atoms with van der Waals surface area (Å²) < 4.78 is 11.6. The van der Waals surface area contributed by atoms with E-state index in [1.807, 2.05) is 62.3 Å². The van der Waals surface area contributed by atoms with Crippen molar-refractivity contribution in [1.82, 2.24) is 49.5 Å². The van der Waals surface area contributed by atoms with Crippen molar-refractivity contribution in [3.8, 4) is 11.5 Å². The first-order valence-corrected chi connectivity index (χ1v) is 27.2. The Morgan fingerprint density at radius 2 is 1.07 bits per heavy atom. The van der Waals surface area contributed by atoms with E-state index in [9.17, 15) is 29.4 Å². The summed E-state index contributed by atoms with van der Waals surface area (Å²) >= 11 is 0. The van der Waals surface area contributed by atoms with Crippen LogP contribution in [0.15, 0.2) is 82.4 Å². The summed E-state index contributed by atoms with van der Waals surface area (Å²) in [5, 5.41) is 22.4. The molecule has 0 saturated heterocycles. The predicted molar refractivity (Wildman–Crippen MR) is 298 cm³/mol. The molecule has 20 nitrogen and oxygen atoms in total. The maximum absolute atomic E-state index is 13.3. The minimum absolute atomic E-state index is 0.0870. The predicted octanol–water partition coefficient (Wildman–Crippen LogP) is 7.66. The molecule has 2 unspecified atom stereocenters. The number of phenols is 2. The van der Waals surface area contributed by atoms with Crippen LogP contribution in [0.2, 0.25) is 0 Å². The summed E-state index contributed by atoms with van der Waals surface area (Å²) in [5.41, 5.74) is 18.6. The molecule has 0 bridgehead atoms. The lowest BCUT2D eigenvalue weighted by Crippen LogP contribution is -2.38. The molecule has 406 valence electrons. The monoisotopic (exact) mass is 1080 g/mol. The second kappa shape index (κ2) is 27.6. The molecule has 22 heteroatoms. The number of aromatic nitrogens is 6. The summed E-state index contributed by atoms with van der Waals surface area (Å²) in [6.07, 6.45) is 11.1. The zero-order valence-electron chi connectivity index (χ0n) is 44.5.